The smallest absolute Gasteiger partial charge is 0.255 e. The highest BCUT2D eigenvalue weighted by molar-refractivity contribution is 9.10. The predicted octanol–water partition coefficient (Wildman–Crippen LogP) is 2.07. The van der Waals surface area contributed by atoms with Gasteiger partial charge in [0, 0.05) is 16.6 Å². The highest BCUT2D eigenvalue weighted by Gasteiger charge is 2.20. The van der Waals surface area contributed by atoms with Gasteiger partial charge < -0.3 is 5.11 Å². The Hall–Kier alpha value is -2.23. The summed E-state index contributed by atoms with van der Waals surface area (Å²) in [6, 6.07) is 13.8. The van der Waals surface area contributed by atoms with Gasteiger partial charge in [-0.3, -0.25) is 4.79 Å². The van der Waals surface area contributed by atoms with Crippen LogP contribution in [-0.4, -0.2) is 42.8 Å². The quantitative estimate of drug-likeness (QED) is 0.509. The average molecular weight is 440 g/mol. The number of benzene rings is 2. The van der Waals surface area contributed by atoms with Gasteiger partial charge in [0.25, 0.3) is 5.91 Å². The van der Waals surface area contributed by atoms with E-state index >= 15 is 0 Å². The van der Waals surface area contributed by atoms with Crippen molar-refractivity contribution >= 4 is 38.1 Å². The number of amides is 1. The fourth-order valence-electron chi connectivity index (χ4n) is 2.08. The van der Waals surface area contributed by atoms with Crippen LogP contribution in [0.3, 0.4) is 0 Å². The molecule has 2 aromatic carbocycles. The Balaban J connectivity index is 2.01. The number of carbonyl (C=O) groups is 1. The van der Waals surface area contributed by atoms with Gasteiger partial charge >= 0.3 is 0 Å². The van der Waals surface area contributed by atoms with E-state index in [4.69, 9.17) is 0 Å². The van der Waals surface area contributed by atoms with E-state index in [1.54, 1.807) is 36.4 Å². The number of phenolic OH excluding ortho intramolecular Hbond substituents is 1. The average Bonchev–Trinajstić information content (AvgIpc) is 2.57. The zero-order valence-corrected chi connectivity index (χ0v) is 16.4. The van der Waals surface area contributed by atoms with E-state index in [1.165, 1.54) is 12.3 Å². The van der Waals surface area contributed by atoms with Gasteiger partial charge in [0.15, 0.2) is 0 Å². The molecule has 0 heterocycles. The minimum Gasteiger partial charge on any atom is -0.507 e. The molecule has 0 spiro atoms. The molecule has 2 aromatic rings. The van der Waals surface area contributed by atoms with Crippen molar-refractivity contribution in [3.63, 3.8) is 0 Å². The van der Waals surface area contributed by atoms with Crippen LogP contribution in [0.5, 0.6) is 5.75 Å². The summed E-state index contributed by atoms with van der Waals surface area (Å²) >= 11 is 3.27. The van der Waals surface area contributed by atoms with Crippen molar-refractivity contribution in [3.8, 4) is 5.75 Å². The fraction of sp³-hybridized carbons (Fsp3) is 0.176. The summed E-state index contributed by atoms with van der Waals surface area (Å²) in [5, 5.41) is 13.5. The van der Waals surface area contributed by atoms with E-state index in [2.05, 4.69) is 26.5 Å². The summed E-state index contributed by atoms with van der Waals surface area (Å²) in [7, 11) is -3.57. The number of carbonyl (C=O) groups excluding carboxylic acids is 1. The Morgan fingerprint density at radius 2 is 1.96 bits per heavy atom. The van der Waals surface area contributed by atoms with Crippen LogP contribution in [0, 0.1) is 0 Å². The zero-order chi connectivity index (χ0) is 19.2. The van der Waals surface area contributed by atoms with Gasteiger partial charge in [-0.15, -0.1) is 0 Å². The number of nitrogens with one attached hydrogen (secondary N) is 1. The van der Waals surface area contributed by atoms with Crippen molar-refractivity contribution in [2.45, 2.75) is 6.54 Å². The number of hydrazone groups is 1. The maximum absolute atomic E-state index is 12.0. The SMILES string of the molecule is CS(=O)(=O)N(CC(=O)NN=Cc1cc(Br)ccc1O)Cc1ccccc1. The summed E-state index contributed by atoms with van der Waals surface area (Å²) in [4.78, 5) is 12.0. The molecule has 9 heteroatoms. The first-order chi connectivity index (χ1) is 12.3. The standard InChI is InChI=1S/C17H18BrN3O4S/c1-26(24,25)21(11-13-5-3-2-4-6-13)12-17(23)20-19-10-14-9-15(18)7-8-16(14)22/h2-10,22H,11-12H2,1H3,(H,20,23). The second-order valence-electron chi connectivity index (χ2n) is 5.51. The number of nitrogens with zero attached hydrogens (tertiary/aromatic N) is 2. The molecule has 0 saturated heterocycles. The van der Waals surface area contributed by atoms with Crippen LogP contribution in [0.2, 0.25) is 0 Å². The molecule has 0 saturated carbocycles. The second-order valence-corrected chi connectivity index (χ2v) is 8.41. The molecule has 0 radical (unpaired) electrons. The number of rotatable bonds is 7. The number of hydrogen-bond donors (Lipinski definition) is 2. The first-order valence-electron chi connectivity index (χ1n) is 7.55. The van der Waals surface area contributed by atoms with Crippen LogP contribution < -0.4 is 5.43 Å². The first kappa shape index (κ1) is 20.1. The lowest BCUT2D eigenvalue weighted by Crippen LogP contribution is -2.38. The van der Waals surface area contributed by atoms with Crippen molar-refractivity contribution < 1.29 is 18.3 Å². The number of aromatic hydroxyl groups is 1. The maximum Gasteiger partial charge on any atom is 0.255 e. The van der Waals surface area contributed by atoms with Crippen molar-refractivity contribution in [3.05, 3.63) is 64.1 Å². The zero-order valence-electron chi connectivity index (χ0n) is 14.0. The van der Waals surface area contributed by atoms with Gasteiger partial charge in [0.05, 0.1) is 19.0 Å². The second kappa shape index (κ2) is 8.93. The molecular formula is C17H18BrN3O4S. The van der Waals surface area contributed by atoms with Crippen molar-refractivity contribution in [1.82, 2.24) is 9.73 Å². The van der Waals surface area contributed by atoms with Gasteiger partial charge in [-0.1, -0.05) is 46.3 Å². The fourth-order valence-corrected chi connectivity index (χ4v) is 3.19. The van der Waals surface area contributed by atoms with Crippen LogP contribution in [0.15, 0.2) is 58.1 Å². The van der Waals surface area contributed by atoms with Crippen LogP contribution >= 0.6 is 15.9 Å². The van der Waals surface area contributed by atoms with E-state index in [9.17, 15) is 18.3 Å². The summed E-state index contributed by atoms with van der Waals surface area (Å²) in [5.41, 5.74) is 3.44. The Morgan fingerprint density at radius 3 is 2.62 bits per heavy atom. The molecule has 0 aliphatic heterocycles. The lowest BCUT2D eigenvalue weighted by Gasteiger charge is -2.18. The molecule has 0 aliphatic rings. The predicted molar refractivity (Wildman–Crippen MR) is 103 cm³/mol. The Kier molecular flexibility index (Phi) is 6.90. The summed E-state index contributed by atoms with van der Waals surface area (Å²) in [5.74, 6) is -0.579. The molecular weight excluding hydrogens is 422 g/mol. The Bertz CT molecular complexity index is 901. The Labute approximate surface area is 160 Å². The van der Waals surface area contributed by atoms with Gasteiger partial charge in [0.1, 0.15) is 5.75 Å². The van der Waals surface area contributed by atoms with Gasteiger partial charge in [-0.05, 0) is 23.8 Å². The topological polar surface area (TPSA) is 99.1 Å². The molecule has 7 nitrogen and oxygen atoms in total. The summed E-state index contributed by atoms with van der Waals surface area (Å²) in [6.07, 6.45) is 2.33. The lowest BCUT2D eigenvalue weighted by atomic mass is 10.2. The number of halogens is 1. The van der Waals surface area contributed by atoms with Crippen LogP contribution in [-0.2, 0) is 21.4 Å². The van der Waals surface area contributed by atoms with E-state index in [0.29, 0.717) is 5.56 Å². The van der Waals surface area contributed by atoms with Crippen LogP contribution in [0.4, 0.5) is 0 Å². The van der Waals surface area contributed by atoms with Crippen molar-refractivity contribution in [2.75, 3.05) is 12.8 Å². The molecule has 0 fully saturated rings. The van der Waals surface area contributed by atoms with Gasteiger partial charge in [-0.25, -0.2) is 13.8 Å². The molecule has 0 bridgehead atoms. The summed E-state index contributed by atoms with van der Waals surface area (Å²) in [6.45, 7) is -0.279. The maximum atomic E-state index is 12.0. The first-order valence-corrected chi connectivity index (χ1v) is 10.2. The monoisotopic (exact) mass is 439 g/mol. The number of hydrogen-bond acceptors (Lipinski definition) is 5. The molecule has 0 atom stereocenters. The highest BCUT2D eigenvalue weighted by atomic mass is 79.9. The molecule has 2 rings (SSSR count). The van der Waals surface area contributed by atoms with Crippen molar-refractivity contribution in [1.29, 1.82) is 0 Å². The third-order valence-electron chi connectivity index (χ3n) is 3.37. The van der Waals surface area contributed by atoms with E-state index < -0.39 is 15.9 Å². The van der Waals surface area contributed by atoms with E-state index in [0.717, 1.165) is 20.6 Å². The summed E-state index contributed by atoms with van der Waals surface area (Å²) < 4.78 is 25.6. The lowest BCUT2D eigenvalue weighted by molar-refractivity contribution is -0.121. The largest absolute Gasteiger partial charge is 0.507 e. The normalized spacial score (nSPS) is 11.8. The minimum absolute atomic E-state index is 0.00744. The third-order valence-corrected chi connectivity index (χ3v) is 5.06. The Morgan fingerprint density at radius 1 is 1.27 bits per heavy atom. The molecule has 0 aromatic heterocycles. The molecule has 138 valence electrons. The van der Waals surface area contributed by atoms with E-state index in [1.807, 2.05) is 6.07 Å². The molecule has 2 N–H and O–H groups in total. The molecule has 1 amide bonds. The van der Waals surface area contributed by atoms with Crippen LogP contribution in [0.1, 0.15) is 11.1 Å². The highest BCUT2D eigenvalue weighted by Crippen LogP contribution is 2.19. The minimum atomic E-state index is -3.57. The van der Waals surface area contributed by atoms with Crippen molar-refractivity contribution in [2.24, 2.45) is 5.10 Å². The molecule has 0 unspecified atom stereocenters. The van der Waals surface area contributed by atoms with E-state index in [-0.39, 0.29) is 18.8 Å². The number of sulfonamides is 1. The number of phenols is 1. The van der Waals surface area contributed by atoms with Crippen LogP contribution in [0.25, 0.3) is 0 Å². The molecule has 26 heavy (non-hydrogen) atoms. The van der Waals surface area contributed by atoms with Gasteiger partial charge in [-0.2, -0.15) is 9.41 Å². The molecule has 0 aliphatic carbocycles. The third kappa shape index (κ3) is 6.25. The van der Waals surface area contributed by atoms with Gasteiger partial charge in [0.2, 0.25) is 10.0 Å².